The van der Waals surface area contributed by atoms with E-state index in [2.05, 4.69) is 10.1 Å². The van der Waals surface area contributed by atoms with Crippen molar-refractivity contribution in [1.82, 2.24) is 14.8 Å². The third kappa shape index (κ3) is 2.98. The van der Waals surface area contributed by atoms with Crippen LogP contribution < -0.4 is 5.73 Å². The van der Waals surface area contributed by atoms with Gasteiger partial charge in [-0.2, -0.15) is 18.3 Å². The maximum atomic E-state index is 12.5. The van der Waals surface area contributed by atoms with E-state index >= 15 is 0 Å². The van der Waals surface area contributed by atoms with Crippen LogP contribution in [-0.4, -0.2) is 19.0 Å². The van der Waals surface area contributed by atoms with Crippen LogP contribution in [0.15, 0.2) is 29.4 Å². The minimum absolute atomic E-state index is 0.0338. The van der Waals surface area contributed by atoms with Crippen LogP contribution in [0.1, 0.15) is 11.4 Å². The fourth-order valence-electron chi connectivity index (χ4n) is 1.58. The van der Waals surface area contributed by atoms with Gasteiger partial charge in [0, 0.05) is 12.7 Å². The number of nitrogen functional groups attached to an aromatic ring is 1. The summed E-state index contributed by atoms with van der Waals surface area (Å²) in [6.07, 6.45) is -3.17. The maximum absolute atomic E-state index is 12.5. The van der Waals surface area contributed by atoms with E-state index < -0.39 is 22.5 Å². The summed E-state index contributed by atoms with van der Waals surface area (Å²) in [4.78, 5) is 4.06. The van der Waals surface area contributed by atoms with Crippen LogP contribution in [0.25, 0.3) is 0 Å². The van der Waals surface area contributed by atoms with Crippen molar-refractivity contribution in [2.45, 2.75) is 16.8 Å². The number of nitrogens with zero attached hydrogens (tertiary/aromatic N) is 3. The molecule has 2 aromatic rings. The molecule has 108 valence electrons. The standard InChI is InChI=1S/C11H11F3N4OS/c1-18-10(16-6-17-18)5-20(19)9-3-2-7(4-8(9)15)11(12,13)14/h2-4,6H,5,15H2,1H3. The SMILES string of the molecule is Cn1ncnc1CS(=O)c1ccc(C(F)(F)F)cc1N. The zero-order valence-corrected chi connectivity index (χ0v) is 11.2. The normalized spacial score (nSPS) is 13.4. The number of aromatic nitrogens is 3. The number of benzene rings is 1. The third-order valence-electron chi connectivity index (χ3n) is 2.65. The molecule has 1 heterocycles. The lowest BCUT2D eigenvalue weighted by Gasteiger charge is -2.10. The molecule has 5 nitrogen and oxygen atoms in total. The van der Waals surface area contributed by atoms with E-state index in [1.165, 1.54) is 11.0 Å². The first-order valence-corrected chi connectivity index (χ1v) is 6.79. The molecule has 2 N–H and O–H groups in total. The van der Waals surface area contributed by atoms with E-state index in [1.54, 1.807) is 7.05 Å². The topological polar surface area (TPSA) is 73.8 Å². The van der Waals surface area contributed by atoms with Crippen LogP contribution in [0.2, 0.25) is 0 Å². The highest BCUT2D eigenvalue weighted by atomic mass is 32.2. The molecule has 1 unspecified atom stereocenters. The van der Waals surface area contributed by atoms with E-state index in [-0.39, 0.29) is 16.3 Å². The van der Waals surface area contributed by atoms with Crippen LogP contribution in [-0.2, 0) is 29.8 Å². The average Bonchev–Trinajstić information content (AvgIpc) is 2.73. The Morgan fingerprint density at radius 3 is 2.60 bits per heavy atom. The molecule has 0 aliphatic rings. The number of rotatable bonds is 3. The molecule has 1 aromatic heterocycles. The Morgan fingerprint density at radius 1 is 1.40 bits per heavy atom. The van der Waals surface area contributed by atoms with Crippen LogP contribution >= 0.6 is 0 Å². The van der Waals surface area contributed by atoms with Gasteiger partial charge in [-0.1, -0.05) is 0 Å². The molecule has 1 atom stereocenters. The summed E-state index contributed by atoms with van der Waals surface area (Å²) in [5.41, 5.74) is 4.53. The zero-order valence-electron chi connectivity index (χ0n) is 10.4. The minimum atomic E-state index is -4.47. The number of nitrogens with two attached hydrogens (primary N) is 1. The van der Waals surface area contributed by atoms with Crippen molar-refractivity contribution in [3.63, 3.8) is 0 Å². The summed E-state index contributed by atoms with van der Waals surface area (Å²) in [5.74, 6) is 0.495. The first-order chi connectivity index (χ1) is 9.29. The Morgan fingerprint density at radius 2 is 2.10 bits per heavy atom. The van der Waals surface area contributed by atoms with Gasteiger partial charge < -0.3 is 5.73 Å². The average molecular weight is 304 g/mol. The number of anilines is 1. The molecule has 0 amide bonds. The van der Waals surface area contributed by atoms with Gasteiger partial charge in [-0.3, -0.25) is 8.89 Å². The number of hydrogen-bond donors (Lipinski definition) is 1. The number of halogens is 3. The summed E-state index contributed by atoms with van der Waals surface area (Å²) in [6.45, 7) is 0. The van der Waals surface area contributed by atoms with Gasteiger partial charge in [0.25, 0.3) is 0 Å². The lowest BCUT2D eigenvalue weighted by atomic mass is 10.2. The van der Waals surface area contributed by atoms with Crippen molar-refractivity contribution >= 4 is 16.5 Å². The molecule has 0 aliphatic carbocycles. The molecular formula is C11H11F3N4OS. The van der Waals surface area contributed by atoms with Crippen molar-refractivity contribution in [3.8, 4) is 0 Å². The van der Waals surface area contributed by atoms with E-state index in [1.807, 2.05) is 0 Å². The van der Waals surface area contributed by atoms with Crippen LogP contribution in [0.4, 0.5) is 18.9 Å². The van der Waals surface area contributed by atoms with Crippen molar-refractivity contribution in [3.05, 3.63) is 35.9 Å². The van der Waals surface area contributed by atoms with Gasteiger partial charge in [-0.05, 0) is 18.2 Å². The number of hydrogen-bond acceptors (Lipinski definition) is 4. The Labute approximate surface area is 115 Å². The van der Waals surface area contributed by atoms with Gasteiger partial charge in [0.15, 0.2) is 0 Å². The van der Waals surface area contributed by atoms with Crippen molar-refractivity contribution < 1.29 is 17.4 Å². The smallest absolute Gasteiger partial charge is 0.398 e. The first kappa shape index (κ1) is 14.5. The fraction of sp³-hybridized carbons (Fsp3) is 0.273. The molecule has 0 aliphatic heterocycles. The van der Waals surface area contributed by atoms with Gasteiger partial charge in [-0.25, -0.2) is 4.98 Å². The van der Waals surface area contributed by atoms with Crippen molar-refractivity contribution in [2.75, 3.05) is 5.73 Å². The lowest BCUT2D eigenvalue weighted by Crippen LogP contribution is -2.09. The maximum Gasteiger partial charge on any atom is 0.416 e. The first-order valence-electron chi connectivity index (χ1n) is 5.47. The minimum Gasteiger partial charge on any atom is -0.398 e. The van der Waals surface area contributed by atoms with Crippen molar-refractivity contribution in [1.29, 1.82) is 0 Å². The van der Waals surface area contributed by atoms with E-state index in [0.717, 1.165) is 18.2 Å². The molecule has 0 fully saturated rings. The molecule has 0 saturated carbocycles. The molecule has 0 spiro atoms. The Bertz CT molecular complexity index is 653. The highest BCUT2D eigenvalue weighted by molar-refractivity contribution is 7.84. The van der Waals surface area contributed by atoms with Gasteiger partial charge >= 0.3 is 6.18 Å². The summed E-state index contributed by atoms with van der Waals surface area (Å²) in [7, 11) is 0.0492. The molecule has 1 aromatic carbocycles. The Kier molecular flexibility index (Phi) is 3.80. The predicted molar refractivity (Wildman–Crippen MR) is 67.0 cm³/mol. The number of alkyl halides is 3. The predicted octanol–water partition coefficient (Wildman–Crippen LogP) is 1.72. The lowest BCUT2D eigenvalue weighted by molar-refractivity contribution is -0.137. The van der Waals surface area contributed by atoms with Gasteiger partial charge in [0.05, 0.1) is 27.0 Å². The van der Waals surface area contributed by atoms with Crippen molar-refractivity contribution in [2.24, 2.45) is 7.05 Å². The molecule has 9 heteroatoms. The monoisotopic (exact) mass is 304 g/mol. The molecule has 0 saturated heterocycles. The molecule has 20 heavy (non-hydrogen) atoms. The van der Waals surface area contributed by atoms with Crippen LogP contribution in [0.3, 0.4) is 0 Å². The third-order valence-corrected chi connectivity index (χ3v) is 4.03. The summed E-state index contributed by atoms with van der Waals surface area (Å²) >= 11 is 0. The number of aryl methyl sites for hydroxylation is 1. The molecule has 0 bridgehead atoms. The van der Waals surface area contributed by atoms with E-state index in [9.17, 15) is 17.4 Å². The largest absolute Gasteiger partial charge is 0.416 e. The fourth-order valence-corrected chi connectivity index (χ4v) is 2.77. The van der Waals surface area contributed by atoms with Gasteiger partial charge in [0.1, 0.15) is 12.2 Å². The second-order valence-corrected chi connectivity index (χ2v) is 5.46. The highest BCUT2D eigenvalue weighted by Crippen LogP contribution is 2.32. The van der Waals surface area contributed by atoms with Gasteiger partial charge in [0.2, 0.25) is 0 Å². The quantitative estimate of drug-likeness (QED) is 0.876. The second-order valence-electron chi connectivity index (χ2n) is 4.04. The summed E-state index contributed by atoms with van der Waals surface area (Å²) in [5, 5.41) is 3.82. The molecule has 0 radical (unpaired) electrons. The second kappa shape index (κ2) is 5.23. The highest BCUT2D eigenvalue weighted by Gasteiger charge is 2.31. The summed E-state index contributed by atoms with van der Waals surface area (Å²) < 4.78 is 51.1. The molecular weight excluding hydrogens is 293 g/mol. The van der Waals surface area contributed by atoms with Gasteiger partial charge in [-0.15, -0.1) is 0 Å². The van der Waals surface area contributed by atoms with Crippen LogP contribution in [0, 0.1) is 0 Å². The Balaban J connectivity index is 2.25. The van der Waals surface area contributed by atoms with E-state index in [4.69, 9.17) is 5.73 Å². The summed E-state index contributed by atoms with van der Waals surface area (Å²) in [6, 6.07) is 2.77. The van der Waals surface area contributed by atoms with Crippen LogP contribution in [0.5, 0.6) is 0 Å². The Hall–Kier alpha value is -1.90. The molecule has 2 rings (SSSR count). The van der Waals surface area contributed by atoms with E-state index in [0.29, 0.717) is 5.82 Å². The zero-order chi connectivity index (χ0) is 14.9.